The van der Waals surface area contributed by atoms with E-state index in [-0.39, 0.29) is 29.1 Å². The zero-order chi connectivity index (χ0) is 22.9. The molecule has 2 heterocycles. The number of aliphatic hydroxyl groups excluding tert-OH is 1. The van der Waals surface area contributed by atoms with Crippen molar-refractivity contribution in [2.75, 3.05) is 24.1 Å². The van der Waals surface area contributed by atoms with Crippen molar-refractivity contribution < 1.29 is 27.4 Å². The lowest BCUT2D eigenvalue weighted by Gasteiger charge is -2.36. The molecule has 0 aromatic heterocycles. The maximum absolute atomic E-state index is 14.5. The maximum atomic E-state index is 14.5. The minimum Gasteiger partial charge on any atom is -0.490 e. The van der Waals surface area contributed by atoms with E-state index in [0.29, 0.717) is 36.9 Å². The van der Waals surface area contributed by atoms with E-state index in [9.17, 15) is 17.9 Å². The van der Waals surface area contributed by atoms with Crippen LogP contribution in [0, 0.1) is 17.7 Å². The van der Waals surface area contributed by atoms with Crippen molar-refractivity contribution in [2.45, 2.75) is 50.2 Å². The van der Waals surface area contributed by atoms with Crippen LogP contribution in [0.3, 0.4) is 0 Å². The highest BCUT2D eigenvalue weighted by molar-refractivity contribution is 7.92. The van der Waals surface area contributed by atoms with E-state index >= 15 is 0 Å². The molecule has 1 N–H and O–H groups in total. The molecule has 2 unspecified atom stereocenters. The van der Waals surface area contributed by atoms with Crippen molar-refractivity contribution in [2.24, 2.45) is 11.8 Å². The van der Waals surface area contributed by atoms with Gasteiger partial charge in [0.25, 0.3) is 10.0 Å². The Balaban J connectivity index is 1.66. The van der Waals surface area contributed by atoms with Gasteiger partial charge >= 0.3 is 0 Å². The van der Waals surface area contributed by atoms with Crippen molar-refractivity contribution in [1.29, 1.82) is 0 Å². The van der Waals surface area contributed by atoms with Crippen LogP contribution in [0.25, 0.3) is 0 Å². The molecular weight excluding hydrogens is 433 g/mol. The van der Waals surface area contributed by atoms with Gasteiger partial charge in [0.05, 0.1) is 16.7 Å². The summed E-state index contributed by atoms with van der Waals surface area (Å²) in [5.74, 6) is 0.187. The predicted molar refractivity (Wildman–Crippen MR) is 120 cm³/mol. The first-order valence-corrected chi connectivity index (χ1v) is 12.5. The van der Waals surface area contributed by atoms with Crippen LogP contribution in [0.15, 0.2) is 47.4 Å². The minimum absolute atomic E-state index is 0.00678. The summed E-state index contributed by atoms with van der Waals surface area (Å²) in [5.41, 5.74) is 0.461. The van der Waals surface area contributed by atoms with Crippen LogP contribution in [0.1, 0.15) is 44.8 Å². The van der Waals surface area contributed by atoms with Gasteiger partial charge in [0.1, 0.15) is 17.7 Å². The maximum Gasteiger partial charge on any atom is 0.264 e. The first-order valence-electron chi connectivity index (χ1n) is 11.1. The quantitative estimate of drug-likeness (QED) is 0.692. The molecule has 0 spiro atoms. The molecule has 1 saturated heterocycles. The van der Waals surface area contributed by atoms with Gasteiger partial charge in [0, 0.05) is 37.7 Å². The van der Waals surface area contributed by atoms with E-state index in [0.717, 1.165) is 17.1 Å². The summed E-state index contributed by atoms with van der Waals surface area (Å²) < 4.78 is 54.3. The number of anilines is 1. The topological polar surface area (TPSA) is 76.1 Å². The molecule has 6 nitrogen and oxygen atoms in total. The number of aliphatic hydroxyl groups is 1. The molecule has 174 valence electrons. The smallest absolute Gasteiger partial charge is 0.264 e. The Hall–Kier alpha value is -2.16. The molecule has 8 heteroatoms. The number of benzene rings is 2. The molecule has 2 aromatic carbocycles. The van der Waals surface area contributed by atoms with Crippen LogP contribution >= 0.6 is 0 Å². The van der Waals surface area contributed by atoms with E-state index in [4.69, 9.17) is 9.47 Å². The highest BCUT2D eigenvalue weighted by atomic mass is 32.2. The molecular formula is C24H30FNO5S. The zero-order valence-corrected chi connectivity index (χ0v) is 19.2. The van der Waals surface area contributed by atoms with Crippen LogP contribution in [-0.4, -0.2) is 39.4 Å². The fourth-order valence-corrected chi connectivity index (χ4v) is 6.10. The Morgan fingerprint density at radius 1 is 1.16 bits per heavy atom. The zero-order valence-electron chi connectivity index (χ0n) is 18.4. The van der Waals surface area contributed by atoms with Crippen LogP contribution in [0.4, 0.5) is 10.1 Å². The third-order valence-electron chi connectivity index (χ3n) is 6.11. The van der Waals surface area contributed by atoms with Gasteiger partial charge in [-0.15, -0.1) is 0 Å². The lowest BCUT2D eigenvalue weighted by atomic mass is 9.87. The van der Waals surface area contributed by atoms with E-state index in [1.165, 1.54) is 30.3 Å². The third kappa shape index (κ3) is 4.63. The van der Waals surface area contributed by atoms with Crippen LogP contribution < -0.4 is 9.04 Å². The minimum atomic E-state index is -4.05. The Labute approximate surface area is 189 Å². The number of nitrogens with zero attached hydrogens (tertiary/aromatic N) is 1. The summed E-state index contributed by atoms with van der Waals surface area (Å²) in [5, 5.41) is 10.8. The largest absolute Gasteiger partial charge is 0.490 e. The predicted octanol–water partition coefficient (Wildman–Crippen LogP) is 4.29. The fourth-order valence-electron chi connectivity index (χ4n) is 4.43. The fraction of sp³-hybridized carbons (Fsp3) is 0.500. The first-order chi connectivity index (χ1) is 15.3. The Bertz CT molecular complexity index is 1050. The van der Waals surface area contributed by atoms with Gasteiger partial charge in [-0.3, -0.25) is 4.31 Å². The summed E-state index contributed by atoms with van der Waals surface area (Å²) in [6.45, 7) is 5.26. The van der Waals surface area contributed by atoms with Crippen LogP contribution in [0.2, 0.25) is 0 Å². The number of rotatable bonds is 6. The molecule has 2 aliphatic heterocycles. The molecule has 1 fully saturated rings. The number of ether oxygens (including phenoxy) is 2. The Morgan fingerprint density at radius 2 is 1.88 bits per heavy atom. The standard InChI is InChI=1S/C24H30FNO5S/c1-16(2)15-26(21-6-4-3-5-20(21)25)32(28,29)18-7-8-23-19(13-18)22(27)14-24(31-23)17-9-11-30-12-10-17/h3-8,13,16-17,22,24,27H,9-12,14-15H2,1-2H3. The molecule has 2 atom stereocenters. The molecule has 4 rings (SSSR count). The van der Waals surface area contributed by atoms with Crippen molar-refractivity contribution in [3.8, 4) is 5.75 Å². The Kier molecular flexibility index (Phi) is 6.74. The molecule has 0 radical (unpaired) electrons. The third-order valence-corrected chi connectivity index (χ3v) is 7.88. The van der Waals surface area contributed by atoms with Crippen LogP contribution in [-0.2, 0) is 14.8 Å². The number of hydrogen-bond donors (Lipinski definition) is 1. The van der Waals surface area contributed by atoms with Gasteiger partial charge in [-0.2, -0.15) is 0 Å². The SMILES string of the molecule is CC(C)CN(c1ccccc1F)S(=O)(=O)c1ccc2c(c1)C(O)CC(C1CCOCC1)O2. The van der Waals surface area contributed by atoms with Gasteiger partial charge in [-0.1, -0.05) is 26.0 Å². The van der Waals surface area contributed by atoms with Crippen molar-refractivity contribution in [1.82, 2.24) is 0 Å². The van der Waals surface area contributed by atoms with E-state index in [1.54, 1.807) is 12.1 Å². The second-order valence-electron chi connectivity index (χ2n) is 8.94. The molecule has 0 amide bonds. The normalized spacial score (nSPS) is 21.8. The van der Waals surface area contributed by atoms with Gasteiger partial charge in [-0.05, 0) is 49.1 Å². The summed E-state index contributed by atoms with van der Waals surface area (Å²) in [6.07, 6.45) is 1.22. The molecule has 0 saturated carbocycles. The van der Waals surface area contributed by atoms with Crippen molar-refractivity contribution >= 4 is 15.7 Å². The van der Waals surface area contributed by atoms with E-state index < -0.39 is 21.9 Å². The lowest BCUT2D eigenvalue weighted by molar-refractivity contribution is -0.0151. The number of halogens is 1. The van der Waals surface area contributed by atoms with Gasteiger partial charge in [0.2, 0.25) is 0 Å². The molecule has 2 aromatic rings. The molecule has 0 aliphatic carbocycles. The highest BCUT2D eigenvalue weighted by Gasteiger charge is 2.35. The van der Waals surface area contributed by atoms with Gasteiger partial charge in [-0.25, -0.2) is 12.8 Å². The number of hydrogen-bond acceptors (Lipinski definition) is 5. The monoisotopic (exact) mass is 463 g/mol. The second kappa shape index (κ2) is 9.37. The summed E-state index contributed by atoms with van der Waals surface area (Å²) in [7, 11) is -4.05. The van der Waals surface area contributed by atoms with Crippen LogP contribution in [0.5, 0.6) is 5.75 Å². The Morgan fingerprint density at radius 3 is 2.56 bits per heavy atom. The van der Waals surface area contributed by atoms with E-state index in [2.05, 4.69) is 0 Å². The average molecular weight is 464 g/mol. The summed E-state index contributed by atoms with van der Waals surface area (Å²) in [6, 6.07) is 10.4. The van der Waals surface area contributed by atoms with Crippen molar-refractivity contribution in [3.63, 3.8) is 0 Å². The molecule has 32 heavy (non-hydrogen) atoms. The highest BCUT2D eigenvalue weighted by Crippen LogP contribution is 2.40. The van der Waals surface area contributed by atoms with Gasteiger partial charge in [0.15, 0.2) is 0 Å². The van der Waals surface area contributed by atoms with Gasteiger partial charge < -0.3 is 14.6 Å². The van der Waals surface area contributed by atoms with Crippen molar-refractivity contribution in [3.05, 3.63) is 53.8 Å². The summed E-state index contributed by atoms with van der Waals surface area (Å²) >= 11 is 0. The average Bonchev–Trinajstić information content (AvgIpc) is 2.78. The molecule has 0 bridgehead atoms. The number of fused-ring (bicyclic) bond motifs is 1. The number of para-hydroxylation sites is 1. The second-order valence-corrected chi connectivity index (χ2v) is 10.8. The number of sulfonamides is 1. The van der Waals surface area contributed by atoms with E-state index in [1.807, 2.05) is 13.8 Å². The molecule has 2 aliphatic rings. The first kappa shape index (κ1) is 23.0. The lowest BCUT2D eigenvalue weighted by Crippen LogP contribution is -2.37. The summed E-state index contributed by atoms with van der Waals surface area (Å²) in [4.78, 5) is 0.00678.